The van der Waals surface area contributed by atoms with E-state index in [1.807, 2.05) is 43.7 Å². The topological polar surface area (TPSA) is 108 Å². The van der Waals surface area contributed by atoms with E-state index < -0.39 is 0 Å². The van der Waals surface area contributed by atoms with Crippen LogP contribution in [-0.2, 0) is 13.1 Å². The summed E-state index contributed by atoms with van der Waals surface area (Å²) in [4.78, 5) is 17.8. The molecule has 182 valence electrons. The second-order valence-electron chi connectivity index (χ2n) is 8.14. The van der Waals surface area contributed by atoms with Crippen molar-refractivity contribution in [3.63, 3.8) is 0 Å². The molecular weight excluding hydrogens is 450 g/mol. The molecule has 2 N–H and O–H groups in total. The normalized spacial score (nSPS) is 14.1. The first-order valence-corrected chi connectivity index (χ1v) is 11.5. The summed E-state index contributed by atoms with van der Waals surface area (Å²) in [5, 5.41) is 10.7. The molecule has 35 heavy (non-hydrogen) atoms. The van der Waals surface area contributed by atoms with Gasteiger partial charge in [-0.05, 0) is 51.1 Å². The molecule has 2 aromatic carbocycles. The largest absolute Gasteiger partial charge is 0.486 e. The fourth-order valence-electron chi connectivity index (χ4n) is 4.01. The maximum atomic E-state index is 13.1. The van der Waals surface area contributed by atoms with Gasteiger partial charge in [-0.1, -0.05) is 0 Å². The van der Waals surface area contributed by atoms with Crippen LogP contribution in [0.3, 0.4) is 0 Å². The fourth-order valence-corrected chi connectivity index (χ4v) is 4.01. The highest BCUT2D eigenvalue weighted by Crippen LogP contribution is 2.33. The van der Waals surface area contributed by atoms with Crippen LogP contribution in [0.15, 0.2) is 41.4 Å². The van der Waals surface area contributed by atoms with Crippen molar-refractivity contribution in [3.8, 4) is 23.0 Å². The average Bonchev–Trinajstić information content (AvgIpc) is 3.45. The minimum atomic E-state index is -0.329. The number of nitrogens with one attached hydrogen (secondary N) is 2. The molecule has 0 unspecified atom stereocenters. The monoisotopic (exact) mass is 477 g/mol. The van der Waals surface area contributed by atoms with E-state index in [9.17, 15) is 4.79 Å². The summed E-state index contributed by atoms with van der Waals surface area (Å²) in [7, 11) is 0. The molecule has 0 radical (unpaired) electrons. The summed E-state index contributed by atoms with van der Waals surface area (Å²) in [6.07, 6.45) is 0. The van der Waals surface area contributed by atoms with E-state index in [0.29, 0.717) is 60.0 Å². The summed E-state index contributed by atoms with van der Waals surface area (Å²) in [6.45, 7) is 8.30. The number of aliphatic imine (C=N–C) groups is 1. The van der Waals surface area contributed by atoms with Gasteiger partial charge in [-0.25, -0.2) is 4.99 Å². The predicted molar refractivity (Wildman–Crippen MR) is 130 cm³/mol. The van der Waals surface area contributed by atoms with Crippen molar-refractivity contribution in [2.24, 2.45) is 4.99 Å². The molecule has 0 saturated carbocycles. The van der Waals surface area contributed by atoms with Crippen LogP contribution in [0.25, 0.3) is 0 Å². The number of carbonyl (C=O) groups excluding carboxylic acids is 1. The molecule has 0 bridgehead atoms. The molecule has 0 spiro atoms. The molecule has 0 saturated heterocycles. The number of anilines is 1. The van der Waals surface area contributed by atoms with Crippen molar-refractivity contribution in [1.82, 2.24) is 15.1 Å². The van der Waals surface area contributed by atoms with Crippen molar-refractivity contribution in [3.05, 3.63) is 58.9 Å². The molecule has 10 nitrogen and oxygen atoms in total. The van der Waals surface area contributed by atoms with Crippen LogP contribution in [0.1, 0.15) is 34.2 Å². The lowest BCUT2D eigenvalue weighted by atomic mass is 10.2. The zero-order valence-electron chi connectivity index (χ0n) is 19.9. The van der Waals surface area contributed by atoms with Gasteiger partial charge in [0.2, 0.25) is 12.8 Å². The predicted octanol–water partition coefficient (Wildman–Crippen LogP) is 3.42. The van der Waals surface area contributed by atoms with Crippen molar-refractivity contribution < 1.29 is 23.7 Å². The third kappa shape index (κ3) is 4.72. The maximum absolute atomic E-state index is 13.1. The number of aromatic nitrogens is 2. The number of carbonyl (C=O) groups is 1. The number of benzene rings is 2. The molecular formula is C25H27N5O5. The van der Waals surface area contributed by atoms with Gasteiger partial charge in [-0.2, -0.15) is 5.10 Å². The lowest BCUT2D eigenvalue weighted by Crippen LogP contribution is -2.36. The van der Waals surface area contributed by atoms with Crippen LogP contribution >= 0.6 is 0 Å². The first-order valence-electron chi connectivity index (χ1n) is 11.5. The molecule has 10 heteroatoms. The van der Waals surface area contributed by atoms with Crippen LogP contribution in [0.5, 0.6) is 23.0 Å². The Labute approximate surface area is 202 Å². The van der Waals surface area contributed by atoms with Gasteiger partial charge in [0.25, 0.3) is 5.91 Å². The molecule has 2 aliphatic rings. The van der Waals surface area contributed by atoms with Gasteiger partial charge in [-0.15, -0.1) is 0 Å². The molecule has 1 aromatic heterocycles. The molecule has 5 rings (SSSR count). The molecule has 1 amide bonds. The summed E-state index contributed by atoms with van der Waals surface area (Å²) in [6, 6.07) is 10.6. The Balaban J connectivity index is 1.41. The van der Waals surface area contributed by atoms with Crippen molar-refractivity contribution in [2.45, 2.75) is 33.9 Å². The highest BCUT2D eigenvalue weighted by molar-refractivity contribution is 6.10. The van der Waals surface area contributed by atoms with Gasteiger partial charge in [0.05, 0.1) is 12.2 Å². The maximum Gasteiger partial charge on any atom is 0.258 e. The van der Waals surface area contributed by atoms with Gasteiger partial charge in [0.15, 0.2) is 23.0 Å². The van der Waals surface area contributed by atoms with E-state index in [1.165, 1.54) is 0 Å². The fraction of sp³-hybridized carbons (Fsp3) is 0.320. The number of ether oxygens (including phenoxy) is 4. The van der Waals surface area contributed by atoms with E-state index >= 15 is 0 Å². The van der Waals surface area contributed by atoms with E-state index in [2.05, 4.69) is 15.7 Å². The second kappa shape index (κ2) is 9.57. The quantitative estimate of drug-likeness (QED) is 0.428. The van der Waals surface area contributed by atoms with Gasteiger partial charge >= 0.3 is 0 Å². The zero-order valence-corrected chi connectivity index (χ0v) is 19.9. The first kappa shape index (κ1) is 22.6. The molecule has 0 atom stereocenters. The number of guanidine groups is 1. The van der Waals surface area contributed by atoms with Crippen LogP contribution in [0, 0.1) is 13.8 Å². The SMILES string of the molecule is CCn1nc(C)c(CN=C(NC(=O)c2ccc3c(c2)OCO3)Nc2ccc3c(c2)OCCO3)c1C. The number of fused-ring (bicyclic) bond motifs is 2. The van der Waals surface area contributed by atoms with E-state index in [1.54, 1.807) is 18.2 Å². The van der Waals surface area contributed by atoms with Crippen molar-refractivity contribution in [2.75, 3.05) is 25.3 Å². The van der Waals surface area contributed by atoms with E-state index in [-0.39, 0.29) is 12.7 Å². The third-order valence-electron chi connectivity index (χ3n) is 5.90. The van der Waals surface area contributed by atoms with E-state index in [4.69, 9.17) is 23.9 Å². The molecule has 3 heterocycles. The highest BCUT2D eigenvalue weighted by Gasteiger charge is 2.19. The Morgan fingerprint density at radius 3 is 2.51 bits per heavy atom. The number of hydrogen-bond donors (Lipinski definition) is 2. The number of rotatable bonds is 5. The molecule has 0 aliphatic carbocycles. The smallest absolute Gasteiger partial charge is 0.258 e. The summed E-state index contributed by atoms with van der Waals surface area (Å²) in [5.41, 5.74) is 4.11. The standard InChI is InChI=1S/C25H27N5O5/c1-4-30-16(3)19(15(2)29-30)13-26-25(27-18-6-8-20-23(12-18)33-10-9-32-20)28-24(31)17-5-7-21-22(11-17)35-14-34-21/h5-8,11-12H,4,9-10,13-14H2,1-3H3,(H2,26,27,28,31). The minimum Gasteiger partial charge on any atom is -0.486 e. The Morgan fingerprint density at radius 2 is 1.71 bits per heavy atom. The first-order chi connectivity index (χ1) is 17.0. The summed E-state index contributed by atoms with van der Waals surface area (Å²) >= 11 is 0. The highest BCUT2D eigenvalue weighted by atomic mass is 16.7. The van der Waals surface area contributed by atoms with Gasteiger partial charge in [-0.3, -0.25) is 14.8 Å². The van der Waals surface area contributed by atoms with Crippen molar-refractivity contribution in [1.29, 1.82) is 0 Å². The van der Waals surface area contributed by atoms with E-state index in [0.717, 1.165) is 23.5 Å². The second-order valence-corrected chi connectivity index (χ2v) is 8.14. The number of nitrogens with zero attached hydrogens (tertiary/aromatic N) is 3. The lowest BCUT2D eigenvalue weighted by Gasteiger charge is -2.19. The molecule has 3 aromatic rings. The van der Waals surface area contributed by atoms with Crippen molar-refractivity contribution >= 4 is 17.6 Å². The lowest BCUT2D eigenvalue weighted by molar-refractivity contribution is 0.0976. The Morgan fingerprint density at radius 1 is 1.00 bits per heavy atom. The minimum absolute atomic E-state index is 0.142. The number of hydrogen-bond acceptors (Lipinski definition) is 7. The zero-order chi connectivity index (χ0) is 24.4. The van der Waals surface area contributed by atoms with Gasteiger partial charge in [0, 0.05) is 35.1 Å². The summed E-state index contributed by atoms with van der Waals surface area (Å²) in [5.74, 6) is 2.44. The average molecular weight is 478 g/mol. The number of aryl methyl sites for hydroxylation is 2. The van der Waals surface area contributed by atoms with Crippen LogP contribution in [-0.4, -0.2) is 41.7 Å². The Hall–Kier alpha value is -4.21. The Bertz CT molecular complexity index is 1300. The number of amides is 1. The molecule has 0 fully saturated rings. The Kier molecular flexibility index (Phi) is 6.17. The van der Waals surface area contributed by atoms with Crippen LogP contribution < -0.4 is 29.6 Å². The molecule has 2 aliphatic heterocycles. The summed E-state index contributed by atoms with van der Waals surface area (Å²) < 4.78 is 24.0. The van der Waals surface area contributed by atoms with Crippen LogP contribution in [0.2, 0.25) is 0 Å². The third-order valence-corrected chi connectivity index (χ3v) is 5.90. The van der Waals surface area contributed by atoms with Gasteiger partial charge < -0.3 is 24.3 Å². The van der Waals surface area contributed by atoms with Gasteiger partial charge in [0.1, 0.15) is 13.2 Å². The van der Waals surface area contributed by atoms with Crippen LogP contribution in [0.4, 0.5) is 5.69 Å².